The van der Waals surface area contributed by atoms with Gasteiger partial charge in [-0.2, -0.15) is 0 Å². The molecular formula is C28H34BrN2O3P. The van der Waals surface area contributed by atoms with Gasteiger partial charge in [0.15, 0.2) is 5.78 Å². The lowest BCUT2D eigenvalue weighted by Gasteiger charge is -2.28. The standard InChI is InChI=1S/C28H34BrN2O3P/c1-6-31-26-15-11-21(17-24(26)25-18-22(29)12-16-27(25)31)28(35(32,33-7-2)34-8-3)30-23-13-9-20(10-14-23)19(4)5/h9-19,28,30H,6-8H2,1-5H3. The second kappa shape index (κ2) is 10.9. The molecule has 0 aliphatic rings. The van der Waals surface area contributed by atoms with Gasteiger partial charge < -0.3 is 18.9 Å². The third kappa shape index (κ3) is 5.22. The number of nitrogens with one attached hydrogen (secondary N) is 1. The zero-order chi connectivity index (χ0) is 25.2. The number of anilines is 1. The number of benzene rings is 3. The molecule has 5 nitrogen and oxygen atoms in total. The topological polar surface area (TPSA) is 52.5 Å². The molecule has 0 amide bonds. The second-order valence-electron chi connectivity index (χ2n) is 8.88. The normalized spacial score (nSPS) is 13.1. The van der Waals surface area contributed by atoms with Crippen molar-refractivity contribution in [1.82, 2.24) is 4.57 Å². The molecule has 1 aromatic heterocycles. The van der Waals surface area contributed by atoms with Crippen LogP contribution in [0.1, 0.15) is 57.4 Å². The van der Waals surface area contributed by atoms with Crippen molar-refractivity contribution in [2.45, 2.75) is 52.9 Å². The van der Waals surface area contributed by atoms with Crippen LogP contribution in [0.5, 0.6) is 0 Å². The maximum Gasteiger partial charge on any atom is 0.357 e. The van der Waals surface area contributed by atoms with Crippen molar-refractivity contribution >= 4 is 51.0 Å². The smallest absolute Gasteiger partial charge is 0.357 e. The molecule has 186 valence electrons. The molecule has 3 aromatic carbocycles. The van der Waals surface area contributed by atoms with Crippen molar-refractivity contribution in [3.05, 3.63) is 76.3 Å². The Morgan fingerprint density at radius 2 is 1.43 bits per heavy atom. The molecule has 0 saturated carbocycles. The first-order valence-electron chi connectivity index (χ1n) is 12.3. The third-order valence-electron chi connectivity index (χ3n) is 6.30. The second-order valence-corrected chi connectivity index (χ2v) is 11.9. The number of hydrogen-bond acceptors (Lipinski definition) is 4. The highest BCUT2D eigenvalue weighted by Gasteiger charge is 2.37. The maximum absolute atomic E-state index is 14.1. The quantitative estimate of drug-likeness (QED) is 0.198. The third-order valence-corrected chi connectivity index (χ3v) is 9.09. The summed E-state index contributed by atoms with van der Waals surface area (Å²) in [5, 5.41) is 5.75. The molecule has 1 heterocycles. The Hall–Kier alpha value is -2.11. The molecule has 0 fully saturated rings. The van der Waals surface area contributed by atoms with Crippen LogP contribution in [0.4, 0.5) is 5.69 Å². The molecule has 1 atom stereocenters. The van der Waals surface area contributed by atoms with Gasteiger partial charge in [0.1, 0.15) is 0 Å². The average molecular weight is 557 g/mol. The highest BCUT2D eigenvalue weighted by atomic mass is 79.9. The van der Waals surface area contributed by atoms with E-state index in [-0.39, 0.29) is 0 Å². The minimum atomic E-state index is -3.52. The van der Waals surface area contributed by atoms with Crippen LogP contribution in [0.2, 0.25) is 0 Å². The number of aryl methyl sites for hydroxylation is 1. The molecule has 0 aliphatic carbocycles. The van der Waals surface area contributed by atoms with Gasteiger partial charge in [-0.05, 0) is 80.3 Å². The van der Waals surface area contributed by atoms with Crippen LogP contribution in [0.15, 0.2) is 65.1 Å². The lowest BCUT2D eigenvalue weighted by molar-refractivity contribution is 0.214. The van der Waals surface area contributed by atoms with E-state index in [1.54, 1.807) is 0 Å². The van der Waals surface area contributed by atoms with Gasteiger partial charge in [-0.15, -0.1) is 0 Å². The van der Waals surface area contributed by atoms with Crippen LogP contribution in [0.25, 0.3) is 21.8 Å². The van der Waals surface area contributed by atoms with Gasteiger partial charge in [0.25, 0.3) is 0 Å². The SMILES string of the molecule is CCOP(=O)(OCC)C(Nc1ccc(C(C)C)cc1)c1ccc2c(c1)c1cc(Br)ccc1n2CC. The monoisotopic (exact) mass is 556 g/mol. The predicted molar refractivity (Wildman–Crippen MR) is 151 cm³/mol. The Kier molecular flexibility index (Phi) is 8.07. The summed E-state index contributed by atoms with van der Waals surface area (Å²) in [7, 11) is -3.52. The van der Waals surface area contributed by atoms with Gasteiger partial charge in [-0.25, -0.2) is 0 Å². The molecule has 4 aromatic rings. The van der Waals surface area contributed by atoms with Crippen molar-refractivity contribution in [2.24, 2.45) is 0 Å². The Balaban J connectivity index is 1.87. The maximum atomic E-state index is 14.1. The molecule has 0 saturated heterocycles. The van der Waals surface area contributed by atoms with Gasteiger partial charge in [-0.3, -0.25) is 4.57 Å². The first-order valence-corrected chi connectivity index (χ1v) is 14.7. The average Bonchev–Trinajstić information content (AvgIpc) is 3.15. The van der Waals surface area contributed by atoms with Crippen LogP contribution in [-0.4, -0.2) is 17.8 Å². The molecule has 0 radical (unpaired) electrons. The first kappa shape index (κ1) is 26.0. The number of aromatic nitrogens is 1. The largest absolute Gasteiger partial charge is 0.368 e. The molecule has 0 spiro atoms. The predicted octanol–water partition coefficient (Wildman–Crippen LogP) is 9.08. The van der Waals surface area contributed by atoms with Crippen molar-refractivity contribution in [2.75, 3.05) is 18.5 Å². The van der Waals surface area contributed by atoms with E-state index >= 15 is 0 Å². The fourth-order valence-electron chi connectivity index (χ4n) is 4.62. The van der Waals surface area contributed by atoms with Crippen LogP contribution < -0.4 is 5.32 Å². The van der Waals surface area contributed by atoms with E-state index in [0.29, 0.717) is 19.1 Å². The van der Waals surface area contributed by atoms with Crippen LogP contribution in [0, 0.1) is 0 Å². The summed E-state index contributed by atoms with van der Waals surface area (Å²) in [6.07, 6.45) is 0. The fourth-order valence-corrected chi connectivity index (χ4v) is 6.90. The number of hydrogen-bond donors (Lipinski definition) is 1. The van der Waals surface area contributed by atoms with Gasteiger partial charge in [0.05, 0.1) is 13.2 Å². The van der Waals surface area contributed by atoms with E-state index in [4.69, 9.17) is 9.05 Å². The Bertz CT molecular complexity index is 1350. The summed E-state index contributed by atoms with van der Waals surface area (Å²) in [6.45, 7) is 11.6. The van der Waals surface area contributed by atoms with Crippen molar-refractivity contribution in [3.8, 4) is 0 Å². The molecule has 0 bridgehead atoms. The molecule has 35 heavy (non-hydrogen) atoms. The van der Waals surface area contributed by atoms with Crippen LogP contribution in [0.3, 0.4) is 0 Å². The first-order chi connectivity index (χ1) is 16.8. The fraction of sp³-hybridized carbons (Fsp3) is 0.357. The lowest BCUT2D eigenvalue weighted by atomic mass is 10.0. The Morgan fingerprint density at radius 3 is 2.00 bits per heavy atom. The van der Waals surface area contributed by atoms with Crippen LogP contribution in [-0.2, 0) is 20.2 Å². The molecule has 1 N–H and O–H groups in total. The van der Waals surface area contributed by atoms with E-state index in [0.717, 1.165) is 38.6 Å². The number of rotatable bonds is 10. The van der Waals surface area contributed by atoms with E-state index in [1.807, 2.05) is 32.0 Å². The van der Waals surface area contributed by atoms with E-state index in [1.165, 1.54) is 11.1 Å². The Morgan fingerprint density at radius 1 is 0.857 bits per heavy atom. The summed E-state index contributed by atoms with van der Waals surface area (Å²) in [4.78, 5) is 0. The lowest BCUT2D eigenvalue weighted by Crippen LogP contribution is -2.15. The minimum Gasteiger partial charge on any atom is -0.368 e. The van der Waals surface area contributed by atoms with Gasteiger partial charge in [0.2, 0.25) is 0 Å². The summed E-state index contributed by atoms with van der Waals surface area (Å²) in [5.41, 5.74) is 5.31. The van der Waals surface area contributed by atoms with Crippen molar-refractivity contribution in [1.29, 1.82) is 0 Å². The van der Waals surface area contributed by atoms with Gasteiger partial charge >= 0.3 is 7.60 Å². The number of fused-ring (bicyclic) bond motifs is 3. The van der Waals surface area contributed by atoms with E-state index in [2.05, 4.69) is 89.0 Å². The minimum absolute atomic E-state index is 0.298. The van der Waals surface area contributed by atoms with Gasteiger partial charge in [-0.1, -0.05) is 48.0 Å². The van der Waals surface area contributed by atoms with Gasteiger partial charge in [0, 0.05) is 38.5 Å². The highest BCUT2D eigenvalue weighted by Crippen LogP contribution is 2.61. The summed E-state index contributed by atoms with van der Waals surface area (Å²) >= 11 is 3.62. The Labute approximate surface area is 216 Å². The summed E-state index contributed by atoms with van der Waals surface area (Å²) in [5.74, 6) is -0.209. The van der Waals surface area contributed by atoms with Crippen molar-refractivity contribution in [3.63, 3.8) is 0 Å². The zero-order valence-corrected chi connectivity index (χ0v) is 23.5. The number of nitrogens with zero attached hydrogens (tertiary/aromatic N) is 1. The molecule has 1 unspecified atom stereocenters. The van der Waals surface area contributed by atoms with Crippen molar-refractivity contribution < 1.29 is 13.6 Å². The molecule has 0 aliphatic heterocycles. The highest BCUT2D eigenvalue weighted by molar-refractivity contribution is 9.10. The van der Waals surface area contributed by atoms with Crippen LogP contribution >= 0.6 is 23.5 Å². The summed E-state index contributed by atoms with van der Waals surface area (Å²) < 4.78 is 29.1. The van der Waals surface area contributed by atoms with E-state index in [9.17, 15) is 4.57 Å². The molecule has 4 rings (SSSR count). The molecule has 7 heteroatoms. The summed E-state index contributed by atoms with van der Waals surface area (Å²) in [6, 6.07) is 20.9. The molecular weight excluding hydrogens is 523 g/mol. The number of halogens is 1. The van der Waals surface area contributed by atoms with E-state index < -0.39 is 13.4 Å². The zero-order valence-electron chi connectivity index (χ0n) is 21.0.